The lowest BCUT2D eigenvalue weighted by atomic mass is 9.96. The molecule has 0 saturated carbocycles. The van der Waals surface area contributed by atoms with Crippen LogP contribution in [0.1, 0.15) is 43.4 Å². The Hall–Kier alpha value is -2.61. The highest BCUT2D eigenvalue weighted by molar-refractivity contribution is 5.80. The van der Waals surface area contributed by atoms with Gasteiger partial charge >= 0.3 is 6.18 Å². The molecule has 8 heteroatoms. The Balaban J connectivity index is 1.36. The number of hydrogen-bond donors (Lipinski definition) is 1. The van der Waals surface area contributed by atoms with Gasteiger partial charge in [0.25, 0.3) is 0 Å². The number of benzene rings is 1. The molecule has 3 unspecified atom stereocenters. The zero-order chi connectivity index (χ0) is 22.7. The van der Waals surface area contributed by atoms with Gasteiger partial charge in [0.15, 0.2) is 0 Å². The lowest BCUT2D eigenvalue weighted by Gasteiger charge is -2.34. The summed E-state index contributed by atoms with van der Waals surface area (Å²) in [6.45, 7) is 4.57. The highest BCUT2D eigenvalue weighted by Gasteiger charge is 2.38. The molecule has 2 aromatic rings. The topological polar surface area (TPSA) is 48.5 Å². The van der Waals surface area contributed by atoms with E-state index in [2.05, 4.69) is 34.3 Å². The number of rotatable bonds is 5. The summed E-state index contributed by atoms with van der Waals surface area (Å²) in [5.74, 6) is -0.493. The number of nitrogens with zero attached hydrogens (tertiary/aromatic N) is 3. The van der Waals surface area contributed by atoms with Crippen LogP contribution < -0.4 is 10.2 Å². The molecular formula is C24H29F3N4O. The van der Waals surface area contributed by atoms with E-state index >= 15 is 0 Å². The Morgan fingerprint density at radius 2 is 1.88 bits per heavy atom. The van der Waals surface area contributed by atoms with Gasteiger partial charge in [-0.3, -0.25) is 9.69 Å². The number of halogens is 3. The van der Waals surface area contributed by atoms with Crippen LogP contribution in [0.5, 0.6) is 0 Å². The summed E-state index contributed by atoms with van der Waals surface area (Å²) in [5, 5.41) is 3.15. The maximum absolute atomic E-state index is 13.4. The fourth-order valence-corrected chi connectivity index (χ4v) is 4.77. The molecule has 2 fully saturated rings. The summed E-state index contributed by atoms with van der Waals surface area (Å²) in [7, 11) is 0. The SMILES string of the molecule is CC(c1ccccc1)N1CCC(NC(=O)C2CCCN(c3ncccc3C(F)(F)F)C2)C1. The molecule has 1 amide bonds. The van der Waals surface area contributed by atoms with Crippen LogP contribution >= 0.6 is 0 Å². The van der Waals surface area contributed by atoms with E-state index in [9.17, 15) is 18.0 Å². The first kappa shape index (κ1) is 22.6. The summed E-state index contributed by atoms with van der Waals surface area (Å²) in [6, 6.07) is 13.0. The lowest BCUT2D eigenvalue weighted by Crippen LogP contribution is -2.47. The van der Waals surface area contributed by atoms with Crippen LogP contribution in [0.15, 0.2) is 48.7 Å². The fraction of sp³-hybridized carbons (Fsp3) is 0.500. The van der Waals surface area contributed by atoms with Gasteiger partial charge in [0.1, 0.15) is 5.82 Å². The molecule has 3 heterocycles. The summed E-state index contributed by atoms with van der Waals surface area (Å²) >= 11 is 0. The van der Waals surface area contributed by atoms with Crippen molar-refractivity contribution < 1.29 is 18.0 Å². The average Bonchev–Trinajstić information content (AvgIpc) is 3.27. The van der Waals surface area contributed by atoms with Gasteiger partial charge in [0.2, 0.25) is 5.91 Å². The third kappa shape index (κ3) is 5.06. The molecule has 5 nitrogen and oxygen atoms in total. The Morgan fingerprint density at radius 1 is 1.09 bits per heavy atom. The first-order valence-corrected chi connectivity index (χ1v) is 11.2. The molecule has 0 spiro atoms. The molecule has 1 N–H and O–H groups in total. The quantitative estimate of drug-likeness (QED) is 0.745. The number of likely N-dealkylation sites (tertiary alicyclic amines) is 1. The zero-order valence-electron chi connectivity index (χ0n) is 18.2. The first-order valence-electron chi connectivity index (χ1n) is 11.2. The van der Waals surface area contributed by atoms with Crippen molar-refractivity contribution in [3.05, 3.63) is 59.8 Å². The summed E-state index contributed by atoms with van der Waals surface area (Å²) in [5.41, 5.74) is 0.501. The van der Waals surface area contributed by atoms with Crippen LogP contribution in [0.4, 0.5) is 19.0 Å². The molecule has 32 heavy (non-hydrogen) atoms. The van der Waals surface area contributed by atoms with E-state index in [-0.39, 0.29) is 36.3 Å². The molecule has 2 saturated heterocycles. The number of nitrogens with one attached hydrogen (secondary N) is 1. The van der Waals surface area contributed by atoms with E-state index < -0.39 is 11.7 Å². The van der Waals surface area contributed by atoms with Crippen molar-refractivity contribution in [1.82, 2.24) is 15.2 Å². The van der Waals surface area contributed by atoms with Crippen molar-refractivity contribution in [3.63, 3.8) is 0 Å². The van der Waals surface area contributed by atoms with Crippen molar-refractivity contribution in [2.24, 2.45) is 5.92 Å². The summed E-state index contributed by atoms with van der Waals surface area (Å²) in [6.07, 6.45) is -0.893. The van der Waals surface area contributed by atoms with E-state index in [1.165, 1.54) is 17.8 Å². The summed E-state index contributed by atoms with van der Waals surface area (Å²) in [4.78, 5) is 20.9. The number of aromatic nitrogens is 1. The van der Waals surface area contributed by atoms with Gasteiger partial charge < -0.3 is 10.2 Å². The Morgan fingerprint density at radius 3 is 2.62 bits per heavy atom. The second kappa shape index (κ2) is 9.48. The predicted molar refractivity (Wildman–Crippen MR) is 117 cm³/mol. The average molecular weight is 447 g/mol. The van der Waals surface area contributed by atoms with E-state index in [4.69, 9.17) is 0 Å². The first-order chi connectivity index (χ1) is 15.3. The molecule has 2 aliphatic rings. The molecular weight excluding hydrogens is 417 g/mol. The van der Waals surface area contributed by atoms with E-state index in [0.717, 1.165) is 25.6 Å². The second-order valence-electron chi connectivity index (χ2n) is 8.73. The Kier molecular flexibility index (Phi) is 6.69. The molecule has 172 valence electrons. The van der Waals surface area contributed by atoms with Crippen molar-refractivity contribution in [3.8, 4) is 0 Å². The number of piperidine rings is 1. The molecule has 1 aromatic heterocycles. The zero-order valence-corrected chi connectivity index (χ0v) is 18.2. The maximum Gasteiger partial charge on any atom is 0.419 e. The molecule has 0 aliphatic carbocycles. The highest BCUT2D eigenvalue weighted by atomic mass is 19.4. The number of amides is 1. The molecule has 2 aliphatic heterocycles. The minimum atomic E-state index is -4.47. The number of hydrogen-bond acceptors (Lipinski definition) is 4. The standard InChI is InChI=1S/C24H29F3N4O/c1-17(18-7-3-2-4-8-18)30-14-11-20(16-30)29-23(32)19-9-6-13-31(15-19)22-21(24(25,26)27)10-5-12-28-22/h2-5,7-8,10,12,17,19-20H,6,9,11,13-16H2,1H3,(H,29,32). The predicted octanol–water partition coefficient (Wildman–Crippen LogP) is 4.27. The molecule has 1 aromatic carbocycles. The number of carbonyl (C=O) groups is 1. The van der Waals surface area contributed by atoms with Crippen LogP contribution in [0.3, 0.4) is 0 Å². The van der Waals surface area contributed by atoms with E-state index in [0.29, 0.717) is 19.4 Å². The smallest absolute Gasteiger partial charge is 0.355 e. The number of pyridine rings is 1. The Labute approximate surface area is 186 Å². The molecule has 4 rings (SSSR count). The number of alkyl halides is 3. The summed E-state index contributed by atoms with van der Waals surface area (Å²) < 4.78 is 40.2. The van der Waals surface area contributed by atoms with Gasteiger partial charge in [-0.05, 0) is 43.9 Å². The van der Waals surface area contributed by atoms with Crippen LogP contribution in [-0.4, -0.2) is 48.0 Å². The van der Waals surface area contributed by atoms with E-state index in [1.807, 2.05) is 18.2 Å². The van der Waals surface area contributed by atoms with E-state index in [1.54, 1.807) is 4.90 Å². The van der Waals surface area contributed by atoms with Crippen molar-refractivity contribution in [2.45, 2.75) is 44.4 Å². The van der Waals surface area contributed by atoms with Crippen LogP contribution in [0, 0.1) is 5.92 Å². The van der Waals surface area contributed by atoms with Crippen molar-refractivity contribution in [1.29, 1.82) is 0 Å². The molecule has 3 atom stereocenters. The molecule has 0 bridgehead atoms. The minimum absolute atomic E-state index is 0.0598. The third-order valence-corrected chi connectivity index (χ3v) is 6.58. The van der Waals surface area contributed by atoms with Gasteiger partial charge in [0.05, 0.1) is 11.5 Å². The number of anilines is 1. The maximum atomic E-state index is 13.4. The lowest BCUT2D eigenvalue weighted by molar-refractivity contribution is -0.137. The van der Waals surface area contributed by atoms with Crippen LogP contribution in [0.25, 0.3) is 0 Å². The fourth-order valence-electron chi connectivity index (χ4n) is 4.77. The minimum Gasteiger partial charge on any atom is -0.355 e. The van der Waals surface area contributed by atoms with Crippen LogP contribution in [0.2, 0.25) is 0 Å². The van der Waals surface area contributed by atoms with Crippen molar-refractivity contribution in [2.75, 3.05) is 31.1 Å². The monoisotopic (exact) mass is 446 g/mol. The second-order valence-corrected chi connectivity index (χ2v) is 8.73. The highest BCUT2D eigenvalue weighted by Crippen LogP contribution is 2.36. The van der Waals surface area contributed by atoms with Gasteiger partial charge in [0, 0.05) is 44.5 Å². The largest absolute Gasteiger partial charge is 0.419 e. The normalized spacial score (nSPS) is 23.2. The molecule has 0 radical (unpaired) electrons. The number of carbonyl (C=O) groups excluding carboxylic acids is 1. The van der Waals surface area contributed by atoms with Crippen LogP contribution in [-0.2, 0) is 11.0 Å². The Bertz CT molecular complexity index is 921. The third-order valence-electron chi connectivity index (χ3n) is 6.58. The van der Waals surface area contributed by atoms with Gasteiger partial charge in [-0.1, -0.05) is 30.3 Å². The van der Waals surface area contributed by atoms with Crippen molar-refractivity contribution >= 4 is 11.7 Å². The van der Waals surface area contributed by atoms with Gasteiger partial charge in [-0.2, -0.15) is 13.2 Å². The van der Waals surface area contributed by atoms with Gasteiger partial charge in [-0.25, -0.2) is 4.98 Å². The van der Waals surface area contributed by atoms with Gasteiger partial charge in [-0.15, -0.1) is 0 Å².